The molecule has 0 saturated heterocycles. The molecule has 0 unspecified atom stereocenters. The number of esters is 1. The van der Waals surface area contributed by atoms with Crippen molar-refractivity contribution in [2.24, 2.45) is 5.73 Å². The van der Waals surface area contributed by atoms with Crippen molar-refractivity contribution in [2.75, 3.05) is 7.11 Å². The predicted molar refractivity (Wildman–Crippen MR) is 52.8 cm³/mol. The summed E-state index contributed by atoms with van der Waals surface area (Å²) in [6.07, 6.45) is -2.28. The maximum Gasteiger partial charge on any atom is 0.310 e. The van der Waals surface area contributed by atoms with Crippen LogP contribution in [-0.2, 0) is 22.5 Å². The van der Waals surface area contributed by atoms with Crippen LogP contribution in [0.3, 0.4) is 0 Å². The first-order valence-electron chi connectivity index (χ1n) is 4.72. The number of hydrogen-bond acceptors (Lipinski definition) is 4. The number of carbonyl (C=O) groups excluding carboxylic acids is 1. The van der Waals surface area contributed by atoms with Gasteiger partial charge in [-0.3, -0.25) is 4.79 Å². The maximum atomic E-state index is 13.1. The second kappa shape index (κ2) is 5.62. The van der Waals surface area contributed by atoms with E-state index in [2.05, 4.69) is 9.72 Å². The number of carbonyl (C=O) groups is 1. The summed E-state index contributed by atoms with van der Waals surface area (Å²) in [5, 5.41) is 0. The van der Waals surface area contributed by atoms with E-state index in [0.717, 1.165) is 13.3 Å². The van der Waals surface area contributed by atoms with Crippen molar-refractivity contribution in [1.82, 2.24) is 4.98 Å². The number of pyridine rings is 1. The van der Waals surface area contributed by atoms with Crippen LogP contribution in [0.5, 0.6) is 0 Å². The number of hydrogen-bond donors (Lipinski definition) is 1. The Kier molecular flexibility index (Phi) is 4.45. The van der Waals surface area contributed by atoms with Gasteiger partial charge in [-0.05, 0) is 11.1 Å². The molecule has 0 amide bonds. The molecule has 0 aliphatic rings. The van der Waals surface area contributed by atoms with Gasteiger partial charge < -0.3 is 10.5 Å². The summed E-state index contributed by atoms with van der Waals surface area (Å²) >= 11 is 0. The van der Waals surface area contributed by atoms with Crippen molar-refractivity contribution in [3.05, 3.63) is 28.8 Å². The van der Waals surface area contributed by atoms with Gasteiger partial charge in [0.05, 0.1) is 19.1 Å². The Hall–Kier alpha value is -1.63. The highest BCUT2D eigenvalue weighted by Gasteiger charge is 2.22. The molecule has 0 saturated carbocycles. The number of methoxy groups -OCH3 is 1. The summed E-state index contributed by atoms with van der Waals surface area (Å²) in [6.45, 7) is -0.300. The second-order valence-electron chi connectivity index (χ2n) is 3.22. The molecule has 0 radical (unpaired) electrons. The molecule has 1 rings (SSSR count). The van der Waals surface area contributed by atoms with Crippen LogP contribution < -0.4 is 5.73 Å². The third kappa shape index (κ3) is 2.94. The molecule has 17 heavy (non-hydrogen) atoms. The highest BCUT2D eigenvalue weighted by Crippen LogP contribution is 2.27. The van der Waals surface area contributed by atoms with Crippen molar-refractivity contribution < 1.29 is 22.7 Å². The van der Waals surface area contributed by atoms with Crippen LogP contribution in [0.1, 0.15) is 23.1 Å². The van der Waals surface area contributed by atoms with E-state index in [1.165, 1.54) is 0 Å². The maximum absolute atomic E-state index is 13.1. The summed E-state index contributed by atoms with van der Waals surface area (Å²) < 4.78 is 42.8. The molecule has 0 atom stereocenters. The molecule has 0 aliphatic carbocycles. The number of alkyl halides is 2. The van der Waals surface area contributed by atoms with Crippen LogP contribution in [0.25, 0.3) is 0 Å². The molecule has 94 valence electrons. The lowest BCUT2D eigenvalue weighted by Gasteiger charge is -2.12. The zero-order valence-corrected chi connectivity index (χ0v) is 9.04. The Morgan fingerprint density at radius 2 is 2.24 bits per heavy atom. The van der Waals surface area contributed by atoms with Gasteiger partial charge in [-0.2, -0.15) is 4.39 Å². The van der Waals surface area contributed by atoms with Crippen LogP contribution in [0, 0.1) is 5.95 Å². The third-order valence-electron chi connectivity index (χ3n) is 2.25. The van der Waals surface area contributed by atoms with E-state index in [1.807, 2.05) is 0 Å². The number of nitrogens with two attached hydrogens (primary N) is 1. The highest BCUT2D eigenvalue weighted by molar-refractivity contribution is 5.72. The van der Waals surface area contributed by atoms with Crippen LogP contribution in [-0.4, -0.2) is 18.1 Å². The first-order valence-corrected chi connectivity index (χ1v) is 4.72. The normalized spacial score (nSPS) is 10.7. The minimum atomic E-state index is -3.03. The quantitative estimate of drug-likeness (QED) is 0.645. The molecule has 0 bridgehead atoms. The summed E-state index contributed by atoms with van der Waals surface area (Å²) in [5.74, 6) is -1.90. The van der Waals surface area contributed by atoms with Gasteiger partial charge >= 0.3 is 5.97 Å². The minimum Gasteiger partial charge on any atom is -0.469 e. The van der Waals surface area contributed by atoms with Gasteiger partial charge in [0.25, 0.3) is 6.43 Å². The molecule has 1 aromatic heterocycles. The Morgan fingerprint density at radius 3 is 2.71 bits per heavy atom. The molecule has 0 aliphatic heterocycles. The summed E-state index contributed by atoms with van der Waals surface area (Å²) in [7, 11) is 1.16. The Bertz CT molecular complexity index is 424. The van der Waals surface area contributed by atoms with Gasteiger partial charge in [0.1, 0.15) is 0 Å². The van der Waals surface area contributed by atoms with E-state index >= 15 is 0 Å². The fourth-order valence-electron chi connectivity index (χ4n) is 1.42. The molecular weight excluding hydrogens is 237 g/mol. The van der Waals surface area contributed by atoms with E-state index in [0.29, 0.717) is 0 Å². The first-order chi connectivity index (χ1) is 8.01. The summed E-state index contributed by atoms with van der Waals surface area (Å²) in [4.78, 5) is 14.2. The Balaban J connectivity index is 3.23. The third-order valence-corrected chi connectivity index (χ3v) is 2.25. The molecule has 0 fully saturated rings. The summed E-state index contributed by atoms with van der Waals surface area (Å²) in [6, 6.07) is 0. The largest absolute Gasteiger partial charge is 0.469 e. The Morgan fingerprint density at radius 1 is 1.59 bits per heavy atom. The van der Waals surface area contributed by atoms with Crippen molar-refractivity contribution in [2.45, 2.75) is 19.4 Å². The van der Waals surface area contributed by atoms with Crippen molar-refractivity contribution in [3.63, 3.8) is 0 Å². The van der Waals surface area contributed by atoms with E-state index < -0.39 is 23.9 Å². The minimum absolute atomic E-state index is 0.0992. The monoisotopic (exact) mass is 248 g/mol. The molecular formula is C10H11F3N2O2. The molecule has 1 heterocycles. The molecule has 0 spiro atoms. The molecule has 2 N–H and O–H groups in total. The SMILES string of the molecule is COC(=O)Cc1cnc(F)c(C(F)F)c1CN. The molecule has 4 nitrogen and oxygen atoms in total. The standard InChI is InChI=1S/C10H11F3N2O2/c1-17-7(16)2-5-4-15-10(13)8(9(11)12)6(5)3-14/h4,9H,2-3,14H2,1H3. The van der Waals surface area contributed by atoms with Gasteiger partial charge in [0, 0.05) is 12.7 Å². The van der Waals surface area contributed by atoms with Crippen molar-refractivity contribution in [3.8, 4) is 0 Å². The van der Waals surface area contributed by atoms with Crippen LogP contribution in [0.15, 0.2) is 6.20 Å². The van der Waals surface area contributed by atoms with Crippen molar-refractivity contribution in [1.29, 1.82) is 0 Å². The molecule has 0 aromatic carbocycles. The Labute approximate surface area is 95.6 Å². The van der Waals surface area contributed by atoms with E-state index in [9.17, 15) is 18.0 Å². The lowest BCUT2D eigenvalue weighted by atomic mass is 10.0. The van der Waals surface area contributed by atoms with Gasteiger partial charge in [0.2, 0.25) is 5.95 Å². The van der Waals surface area contributed by atoms with Crippen molar-refractivity contribution >= 4 is 5.97 Å². The predicted octanol–water partition coefficient (Wildman–Crippen LogP) is 1.33. The smallest absolute Gasteiger partial charge is 0.310 e. The molecule has 1 aromatic rings. The first kappa shape index (κ1) is 13.4. The number of ether oxygens (including phenoxy) is 1. The number of aromatic nitrogens is 1. The van der Waals surface area contributed by atoms with Gasteiger partial charge in [0.15, 0.2) is 0 Å². The lowest BCUT2D eigenvalue weighted by molar-refractivity contribution is -0.139. The zero-order valence-electron chi connectivity index (χ0n) is 9.04. The molecule has 7 heteroatoms. The average Bonchev–Trinajstić information content (AvgIpc) is 2.30. The van der Waals surface area contributed by atoms with Gasteiger partial charge in [-0.25, -0.2) is 13.8 Å². The average molecular weight is 248 g/mol. The van der Waals surface area contributed by atoms with E-state index in [-0.39, 0.29) is 24.1 Å². The van der Waals surface area contributed by atoms with E-state index in [4.69, 9.17) is 5.73 Å². The summed E-state index contributed by atoms with van der Waals surface area (Å²) in [5.41, 5.74) is 4.49. The second-order valence-corrected chi connectivity index (χ2v) is 3.22. The number of nitrogens with zero attached hydrogens (tertiary/aromatic N) is 1. The van der Waals surface area contributed by atoms with Crippen LogP contribution in [0.4, 0.5) is 13.2 Å². The fourth-order valence-corrected chi connectivity index (χ4v) is 1.42. The van der Waals surface area contributed by atoms with Gasteiger partial charge in [-0.1, -0.05) is 0 Å². The topological polar surface area (TPSA) is 65.2 Å². The van der Waals surface area contributed by atoms with Crippen LogP contribution >= 0.6 is 0 Å². The lowest BCUT2D eigenvalue weighted by Crippen LogP contribution is -2.14. The van der Waals surface area contributed by atoms with Gasteiger partial charge in [-0.15, -0.1) is 0 Å². The highest BCUT2D eigenvalue weighted by atomic mass is 19.3. The number of rotatable bonds is 4. The van der Waals surface area contributed by atoms with E-state index in [1.54, 1.807) is 0 Å². The van der Waals surface area contributed by atoms with Crippen LogP contribution in [0.2, 0.25) is 0 Å². The number of halogens is 3. The fraction of sp³-hybridized carbons (Fsp3) is 0.400. The zero-order chi connectivity index (χ0) is 13.0.